The zero-order valence-electron chi connectivity index (χ0n) is 20.8. The first-order chi connectivity index (χ1) is 18.5. The van der Waals surface area contributed by atoms with Gasteiger partial charge in [-0.15, -0.1) is 11.8 Å². The third kappa shape index (κ3) is 6.59. The highest BCUT2D eigenvalue weighted by molar-refractivity contribution is 7.98. The van der Waals surface area contributed by atoms with Crippen LogP contribution in [0.5, 0.6) is 0 Å². The van der Waals surface area contributed by atoms with Crippen LogP contribution >= 0.6 is 11.8 Å². The summed E-state index contributed by atoms with van der Waals surface area (Å²) in [7, 11) is -6.26. The monoisotopic (exact) mass is 585 g/mol. The molecule has 2 N–H and O–H groups in total. The van der Waals surface area contributed by atoms with Gasteiger partial charge in [-0.25, -0.2) is 21.2 Å². The fourth-order valence-electron chi connectivity index (χ4n) is 3.52. The van der Waals surface area contributed by atoms with E-state index in [2.05, 4.69) is 10.0 Å². The maximum atomic E-state index is 13.1. The minimum Gasteiger partial charge on any atom is -0.322 e. The molecule has 0 bridgehead atoms. The van der Waals surface area contributed by atoms with Gasteiger partial charge in [0, 0.05) is 28.9 Å². The van der Waals surface area contributed by atoms with Gasteiger partial charge in [0.25, 0.3) is 26.0 Å². The number of anilines is 3. The molecule has 8 nitrogen and oxygen atoms in total. The second kappa shape index (κ2) is 11.5. The number of benzene rings is 4. The van der Waals surface area contributed by atoms with Gasteiger partial charge in [-0.05, 0) is 103 Å². The molecule has 0 spiro atoms. The van der Waals surface area contributed by atoms with E-state index < -0.39 is 31.8 Å². The average molecular weight is 586 g/mol. The molecule has 4 aromatic carbocycles. The van der Waals surface area contributed by atoms with Crippen molar-refractivity contribution in [1.29, 1.82) is 0 Å². The van der Waals surface area contributed by atoms with E-state index in [0.29, 0.717) is 11.4 Å². The van der Waals surface area contributed by atoms with Crippen molar-refractivity contribution in [2.75, 3.05) is 27.6 Å². The topological polar surface area (TPSA) is 113 Å². The SMILES string of the molecule is CSc1ccc(S(=O)(=O)N(C)c2ccc(C(=O)Nc3ccc(S(=O)(=O)Nc4ccc(F)cc4)cc3)cc2)cc1. The summed E-state index contributed by atoms with van der Waals surface area (Å²) in [5.74, 6) is -0.943. The molecule has 4 aromatic rings. The second-order valence-electron chi connectivity index (χ2n) is 8.29. The van der Waals surface area contributed by atoms with Crippen molar-refractivity contribution in [2.24, 2.45) is 0 Å². The predicted octanol–water partition coefficient (Wildman–Crippen LogP) is 5.43. The first-order valence-electron chi connectivity index (χ1n) is 11.4. The lowest BCUT2D eigenvalue weighted by Gasteiger charge is -2.20. The summed E-state index contributed by atoms with van der Waals surface area (Å²) in [5, 5.41) is 2.68. The molecule has 0 saturated carbocycles. The van der Waals surface area contributed by atoms with Crippen LogP contribution < -0.4 is 14.3 Å². The highest BCUT2D eigenvalue weighted by atomic mass is 32.2. The van der Waals surface area contributed by atoms with Gasteiger partial charge in [-0.3, -0.25) is 13.8 Å². The van der Waals surface area contributed by atoms with Crippen molar-refractivity contribution in [3.8, 4) is 0 Å². The molecule has 12 heteroatoms. The molecule has 0 aliphatic carbocycles. The molecular formula is C27H24FN3O5S3. The van der Waals surface area contributed by atoms with Crippen LogP contribution in [0.4, 0.5) is 21.5 Å². The van der Waals surface area contributed by atoms with Gasteiger partial charge in [-0.2, -0.15) is 0 Å². The molecule has 0 saturated heterocycles. The van der Waals surface area contributed by atoms with Crippen molar-refractivity contribution < 1.29 is 26.0 Å². The van der Waals surface area contributed by atoms with E-state index in [1.165, 1.54) is 79.5 Å². The molecule has 4 rings (SSSR count). The molecule has 1 amide bonds. The van der Waals surface area contributed by atoms with Gasteiger partial charge in [0.1, 0.15) is 5.82 Å². The Hall–Kier alpha value is -3.87. The number of carbonyl (C=O) groups is 1. The average Bonchev–Trinajstić information content (AvgIpc) is 2.94. The first-order valence-corrected chi connectivity index (χ1v) is 15.6. The number of nitrogens with one attached hydrogen (secondary N) is 2. The van der Waals surface area contributed by atoms with Gasteiger partial charge in [-0.1, -0.05) is 0 Å². The number of halogens is 1. The molecule has 202 valence electrons. The fraction of sp³-hybridized carbons (Fsp3) is 0.0741. The van der Waals surface area contributed by atoms with E-state index in [-0.39, 0.29) is 21.0 Å². The molecular weight excluding hydrogens is 562 g/mol. The highest BCUT2D eigenvalue weighted by Gasteiger charge is 2.21. The summed E-state index contributed by atoms with van der Waals surface area (Å²) in [6, 6.07) is 23.1. The van der Waals surface area contributed by atoms with Crippen LogP contribution in [0.15, 0.2) is 112 Å². The van der Waals surface area contributed by atoms with E-state index in [1.54, 1.807) is 24.3 Å². The van der Waals surface area contributed by atoms with Gasteiger partial charge in [0.15, 0.2) is 0 Å². The van der Waals surface area contributed by atoms with Crippen LogP contribution in [0.2, 0.25) is 0 Å². The number of carbonyl (C=O) groups excluding carboxylic acids is 1. The van der Waals surface area contributed by atoms with Crippen LogP contribution in [-0.4, -0.2) is 36.0 Å². The Morgan fingerprint density at radius 2 is 1.28 bits per heavy atom. The zero-order chi connectivity index (χ0) is 28.2. The second-order valence-corrected chi connectivity index (χ2v) is 12.8. The minimum absolute atomic E-state index is 0.0403. The summed E-state index contributed by atoms with van der Waals surface area (Å²) < 4.78 is 67.7. The number of amides is 1. The Morgan fingerprint density at radius 3 is 1.85 bits per heavy atom. The summed E-state index contributed by atoms with van der Waals surface area (Å²) in [6.07, 6.45) is 1.91. The van der Waals surface area contributed by atoms with Crippen molar-refractivity contribution >= 4 is 54.8 Å². The van der Waals surface area contributed by atoms with E-state index >= 15 is 0 Å². The molecule has 0 fully saturated rings. The van der Waals surface area contributed by atoms with Crippen molar-refractivity contribution in [3.63, 3.8) is 0 Å². The standard InChI is InChI=1S/C27H24FN3O5S3/c1-31(39(35,36)26-17-13-24(37-2)14-18-26)23-11-3-19(4-12-23)27(32)29-21-9-15-25(16-10-21)38(33,34)30-22-7-5-20(28)6-8-22/h3-18,30H,1-2H3,(H,29,32). The largest absolute Gasteiger partial charge is 0.322 e. The molecule has 0 atom stereocenters. The minimum atomic E-state index is -3.91. The number of thioether (sulfide) groups is 1. The van der Waals surface area contributed by atoms with Crippen LogP contribution in [0.25, 0.3) is 0 Å². The van der Waals surface area contributed by atoms with Crippen LogP contribution in [0.1, 0.15) is 10.4 Å². The third-order valence-corrected chi connectivity index (χ3v) is 9.67. The summed E-state index contributed by atoms with van der Waals surface area (Å²) in [6.45, 7) is 0. The molecule has 39 heavy (non-hydrogen) atoms. The Kier molecular flexibility index (Phi) is 8.28. The first kappa shape index (κ1) is 28.1. The Bertz CT molecular complexity index is 1680. The van der Waals surface area contributed by atoms with Crippen LogP contribution in [0, 0.1) is 5.82 Å². The van der Waals surface area contributed by atoms with Crippen molar-refractivity contribution in [3.05, 3.63) is 108 Å². The third-order valence-electron chi connectivity index (χ3n) is 5.73. The normalized spacial score (nSPS) is 11.6. The Labute approximate surface area is 231 Å². The number of sulfonamides is 2. The Balaban J connectivity index is 1.42. The summed E-state index contributed by atoms with van der Waals surface area (Å²) in [4.78, 5) is 13.8. The molecule has 0 aliphatic heterocycles. The summed E-state index contributed by atoms with van der Waals surface area (Å²) >= 11 is 1.51. The van der Waals surface area contributed by atoms with Crippen molar-refractivity contribution in [2.45, 2.75) is 14.7 Å². The highest BCUT2D eigenvalue weighted by Crippen LogP contribution is 2.25. The van der Waals surface area contributed by atoms with E-state index in [9.17, 15) is 26.0 Å². The predicted molar refractivity (Wildman–Crippen MR) is 152 cm³/mol. The number of hydrogen-bond donors (Lipinski definition) is 2. The molecule has 0 unspecified atom stereocenters. The molecule has 0 heterocycles. The van der Waals surface area contributed by atoms with Crippen LogP contribution in [0.3, 0.4) is 0 Å². The lowest BCUT2D eigenvalue weighted by atomic mass is 10.2. The fourth-order valence-corrected chi connectivity index (χ4v) is 6.18. The van der Waals surface area contributed by atoms with E-state index in [4.69, 9.17) is 0 Å². The molecule has 0 radical (unpaired) electrons. The van der Waals surface area contributed by atoms with Gasteiger partial charge >= 0.3 is 0 Å². The zero-order valence-corrected chi connectivity index (χ0v) is 23.3. The van der Waals surface area contributed by atoms with Crippen LogP contribution in [-0.2, 0) is 20.0 Å². The van der Waals surface area contributed by atoms with E-state index in [1.807, 2.05) is 6.26 Å². The number of rotatable bonds is 9. The maximum absolute atomic E-state index is 13.1. The lowest BCUT2D eigenvalue weighted by Crippen LogP contribution is -2.26. The van der Waals surface area contributed by atoms with Gasteiger partial charge in [0.2, 0.25) is 0 Å². The van der Waals surface area contributed by atoms with Gasteiger partial charge in [0.05, 0.1) is 15.5 Å². The number of nitrogens with zero attached hydrogens (tertiary/aromatic N) is 1. The Morgan fingerprint density at radius 1 is 0.744 bits per heavy atom. The molecule has 0 aliphatic rings. The van der Waals surface area contributed by atoms with E-state index in [0.717, 1.165) is 21.3 Å². The smallest absolute Gasteiger partial charge is 0.264 e. The maximum Gasteiger partial charge on any atom is 0.264 e. The lowest BCUT2D eigenvalue weighted by molar-refractivity contribution is 0.102. The quantitative estimate of drug-likeness (QED) is 0.254. The van der Waals surface area contributed by atoms with Crippen molar-refractivity contribution in [1.82, 2.24) is 0 Å². The molecule has 0 aromatic heterocycles. The number of hydrogen-bond acceptors (Lipinski definition) is 6. The summed E-state index contributed by atoms with van der Waals surface area (Å²) in [5.41, 5.74) is 1.23. The van der Waals surface area contributed by atoms with Gasteiger partial charge < -0.3 is 5.32 Å².